The van der Waals surface area contributed by atoms with Crippen LogP contribution in [0.2, 0.25) is 0 Å². The summed E-state index contributed by atoms with van der Waals surface area (Å²) < 4.78 is 40.6. The standard InChI is InChI=1S/C15H15FN2O2S/c16-14-6-3-7-15(13(14)8-17)21(19,20)18-9-11-4-1-2-5-12(11)10-18/h1-7H,8-10,17H2. The molecule has 0 atom stereocenters. The molecule has 3 rings (SSSR count). The van der Waals surface area contributed by atoms with Crippen LogP contribution >= 0.6 is 0 Å². The first-order valence-electron chi connectivity index (χ1n) is 6.58. The maximum absolute atomic E-state index is 13.8. The van der Waals surface area contributed by atoms with Gasteiger partial charge in [0.2, 0.25) is 10.0 Å². The lowest BCUT2D eigenvalue weighted by Crippen LogP contribution is -2.27. The van der Waals surface area contributed by atoms with Crippen LogP contribution in [0.4, 0.5) is 4.39 Å². The van der Waals surface area contributed by atoms with Gasteiger partial charge in [-0.2, -0.15) is 4.31 Å². The van der Waals surface area contributed by atoms with E-state index >= 15 is 0 Å². The summed E-state index contributed by atoms with van der Waals surface area (Å²) in [7, 11) is -3.76. The van der Waals surface area contributed by atoms with Crippen LogP contribution in [0.3, 0.4) is 0 Å². The summed E-state index contributed by atoms with van der Waals surface area (Å²) in [5.41, 5.74) is 7.50. The Hall–Kier alpha value is -1.76. The number of nitrogens with two attached hydrogens (primary N) is 1. The Morgan fingerprint density at radius 3 is 2.24 bits per heavy atom. The normalized spacial score (nSPS) is 15.1. The van der Waals surface area contributed by atoms with Crippen molar-refractivity contribution in [2.75, 3.05) is 0 Å². The van der Waals surface area contributed by atoms with Gasteiger partial charge in [0.25, 0.3) is 0 Å². The van der Waals surface area contributed by atoms with Crippen LogP contribution in [0.25, 0.3) is 0 Å². The second kappa shape index (κ2) is 5.22. The van der Waals surface area contributed by atoms with E-state index in [1.165, 1.54) is 22.5 Å². The Kier molecular flexibility index (Phi) is 3.52. The summed E-state index contributed by atoms with van der Waals surface area (Å²) in [6.45, 7) is 0.458. The maximum atomic E-state index is 13.8. The van der Waals surface area contributed by atoms with Crippen molar-refractivity contribution < 1.29 is 12.8 Å². The van der Waals surface area contributed by atoms with Gasteiger partial charge in [-0.3, -0.25) is 0 Å². The lowest BCUT2D eigenvalue weighted by atomic mass is 10.1. The Balaban J connectivity index is 2.02. The van der Waals surface area contributed by atoms with Crippen molar-refractivity contribution in [3.05, 3.63) is 65.0 Å². The molecule has 0 fully saturated rings. The van der Waals surface area contributed by atoms with Gasteiger partial charge < -0.3 is 5.73 Å². The minimum atomic E-state index is -3.76. The molecule has 0 spiro atoms. The third kappa shape index (κ3) is 2.35. The van der Waals surface area contributed by atoms with Crippen molar-refractivity contribution in [2.24, 2.45) is 5.73 Å². The van der Waals surface area contributed by atoms with Crippen molar-refractivity contribution in [1.29, 1.82) is 0 Å². The first-order valence-corrected chi connectivity index (χ1v) is 8.02. The smallest absolute Gasteiger partial charge is 0.244 e. The Morgan fingerprint density at radius 1 is 1.05 bits per heavy atom. The number of benzene rings is 2. The second-order valence-corrected chi connectivity index (χ2v) is 6.87. The van der Waals surface area contributed by atoms with Crippen molar-refractivity contribution >= 4 is 10.0 Å². The molecule has 0 aromatic heterocycles. The lowest BCUT2D eigenvalue weighted by molar-refractivity contribution is 0.430. The number of rotatable bonds is 3. The van der Waals surface area contributed by atoms with E-state index in [1.807, 2.05) is 24.3 Å². The average Bonchev–Trinajstić information content (AvgIpc) is 2.91. The maximum Gasteiger partial charge on any atom is 0.244 e. The van der Waals surface area contributed by atoms with Gasteiger partial charge >= 0.3 is 0 Å². The molecule has 2 N–H and O–H groups in total. The van der Waals surface area contributed by atoms with Gasteiger partial charge in [-0.05, 0) is 23.3 Å². The molecule has 0 amide bonds. The highest BCUT2D eigenvalue weighted by Crippen LogP contribution is 2.30. The molecule has 1 aliphatic heterocycles. The third-order valence-corrected chi connectivity index (χ3v) is 5.59. The molecular formula is C15H15FN2O2S. The van der Waals surface area contributed by atoms with Crippen LogP contribution in [0.15, 0.2) is 47.4 Å². The van der Waals surface area contributed by atoms with Crippen molar-refractivity contribution in [2.45, 2.75) is 24.5 Å². The minimum Gasteiger partial charge on any atom is -0.326 e. The highest BCUT2D eigenvalue weighted by molar-refractivity contribution is 7.89. The first kappa shape index (κ1) is 14.2. The van der Waals surface area contributed by atoms with E-state index in [4.69, 9.17) is 5.73 Å². The largest absolute Gasteiger partial charge is 0.326 e. The van der Waals surface area contributed by atoms with Gasteiger partial charge in [-0.1, -0.05) is 30.3 Å². The van der Waals surface area contributed by atoms with E-state index in [0.29, 0.717) is 13.1 Å². The summed E-state index contributed by atoms with van der Waals surface area (Å²) in [6, 6.07) is 11.6. The van der Waals surface area contributed by atoms with Gasteiger partial charge in [-0.25, -0.2) is 12.8 Å². The van der Waals surface area contributed by atoms with Crippen molar-refractivity contribution in [3.8, 4) is 0 Å². The van der Waals surface area contributed by atoms with E-state index < -0.39 is 15.8 Å². The lowest BCUT2D eigenvalue weighted by Gasteiger charge is -2.18. The molecule has 21 heavy (non-hydrogen) atoms. The van der Waals surface area contributed by atoms with E-state index in [2.05, 4.69) is 0 Å². The quantitative estimate of drug-likeness (QED) is 0.943. The minimum absolute atomic E-state index is 0.0356. The zero-order chi connectivity index (χ0) is 15.0. The molecule has 2 aromatic rings. The van der Waals surface area contributed by atoms with Crippen LogP contribution < -0.4 is 5.73 Å². The number of fused-ring (bicyclic) bond motifs is 1. The number of hydrogen-bond acceptors (Lipinski definition) is 3. The van der Waals surface area contributed by atoms with Crippen LogP contribution in [0, 0.1) is 5.82 Å². The average molecular weight is 306 g/mol. The molecule has 0 saturated carbocycles. The zero-order valence-corrected chi connectivity index (χ0v) is 12.1. The summed E-state index contributed by atoms with van der Waals surface area (Å²) in [4.78, 5) is -0.0437. The first-order chi connectivity index (χ1) is 10.0. The van der Waals surface area contributed by atoms with Crippen LogP contribution in [0.5, 0.6) is 0 Å². The molecule has 4 nitrogen and oxygen atoms in total. The van der Waals surface area contributed by atoms with Gasteiger partial charge in [0.15, 0.2) is 0 Å². The van der Waals surface area contributed by atoms with Crippen LogP contribution in [-0.2, 0) is 29.7 Å². The molecule has 0 bridgehead atoms. The topological polar surface area (TPSA) is 63.4 Å². The number of hydrogen-bond donors (Lipinski definition) is 1. The SMILES string of the molecule is NCc1c(F)cccc1S(=O)(=O)N1Cc2ccccc2C1. The molecular weight excluding hydrogens is 291 g/mol. The third-order valence-electron chi connectivity index (χ3n) is 3.71. The second-order valence-electron chi connectivity index (χ2n) is 4.96. The van der Waals surface area contributed by atoms with Crippen molar-refractivity contribution in [3.63, 3.8) is 0 Å². The fourth-order valence-corrected chi connectivity index (χ4v) is 4.23. The predicted octanol–water partition coefficient (Wildman–Crippen LogP) is 1.99. The molecule has 0 aliphatic carbocycles. The highest BCUT2D eigenvalue weighted by Gasteiger charge is 2.32. The van der Waals surface area contributed by atoms with Crippen LogP contribution in [0.1, 0.15) is 16.7 Å². The number of nitrogens with zero attached hydrogens (tertiary/aromatic N) is 1. The molecule has 0 unspecified atom stereocenters. The Labute approximate surface area is 123 Å². The molecule has 0 radical (unpaired) electrons. The summed E-state index contributed by atoms with van der Waals surface area (Å²) in [6.07, 6.45) is 0. The molecule has 1 aliphatic rings. The molecule has 6 heteroatoms. The monoisotopic (exact) mass is 306 g/mol. The fraction of sp³-hybridized carbons (Fsp3) is 0.200. The molecule has 2 aromatic carbocycles. The molecule has 1 heterocycles. The summed E-state index contributed by atoms with van der Waals surface area (Å²) >= 11 is 0. The van der Waals surface area contributed by atoms with Gasteiger partial charge in [0, 0.05) is 25.2 Å². The fourth-order valence-electron chi connectivity index (χ4n) is 2.59. The van der Waals surface area contributed by atoms with Gasteiger partial charge in [-0.15, -0.1) is 0 Å². The summed E-state index contributed by atoms with van der Waals surface area (Å²) in [5, 5.41) is 0. The van der Waals surface area contributed by atoms with Gasteiger partial charge in [0.05, 0.1) is 4.90 Å². The zero-order valence-electron chi connectivity index (χ0n) is 11.3. The molecule has 0 saturated heterocycles. The molecule has 110 valence electrons. The highest BCUT2D eigenvalue weighted by atomic mass is 32.2. The number of halogens is 1. The summed E-state index contributed by atoms with van der Waals surface area (Å²) in [5.74, 6) is -0.588. The Morgan fingerprint density at radius 2 is 1.67 bits per heavy atom. The van der Waals surface area contributed by atoms with Crippen molar-refractivity contribution in [1.82, 2.24) is 4.31 Å². The number of sulfonamides is 1. The van der Waals surface area contributed by atoms with E-state index in [1.54, 1.807) is 0 Å². The van der Waals surface area contributed by atoms with E-state index in [9.17, 15) is 12.8 Å². The Bertz CT molecular complexity index is 765. The van der Waals surface area contributed by atoms with E-state index in [-0.39, 0.29) is 17.0 Å². The van der Waals surface area contributed by atoms with E-state index in [0.717, 1.165) is 11.1 Å². The van der Waals surface area contributed by atoms with Gasteiger partial charge in [0.1, 0.15) is 5.82 Å². The predicted molar refractivity (Wildman–Crippen MR) is 77.2 cm³/mol. The van der Waals surface area contributed by atoms with Crippen LogP contribution in [-0.4, -0.2) is 12.7 Å².